The molecule has 150 valence electrons. The Bertz CT molecular complexity index is 641. The van der Waals surface area contributed by atoms with Gasteiger partial charge < -0.3 is 15.4 Å². The molecule has 1 unspecified atom stereocenters. The predicted octanol–water partition coefficient (Wildman–Crippen LogP) is 4.10. The van der Waals surface area contributed by atoms with E-state index in [0.717, 1.165) is 19.0 Å². The van der Waals surface area contributed by atoms with Gasteiger partial charge in [-0.15, -0.1) is 0 Å². The maximum Gasteiger partial charge on any atom is 0.410 e. The number of ether oxygens (including phenoxy) is 1. The smallest absolute Gasteiger partial charge is 0.410 e. The molecule has 1 heterocycles. The van der Waals surface area contributed by atoms with Crippen LogP contribution in [0.3, 0.4) is 0 Å². The summed E-state index contributed by atoms with van der Waals surface area (Å²) in [5.74, 6) is 0.840. The number of hydrogen-bond donors (Lipinski definition) is 1. The highest BCUT2D eigenvalue weighted by Gasteiger charge is 2.39. The summed E-state index contributed by atoms with van der Waals surface area (Å²) < 4.78 is 5.48. The van der Waals surface area contributed by atoms with Crippen molar-refractivity contribution >= 4 is 6.09 Å². The van der Waals surface area contributed by atoms with E-state index in [1.165, 1.54) is 30.4 Å². The number of nitrogens with zero attached hydrogens (tertiary/aromatic N) is 2. The van der Waals surface area contributed by atoms with E-state index >= 15 is 0 Å². The number of carbonyl (C=O) groups is 1. The average molecular weight is 374 g/mol. The number of hydrogen-bond acceptors (Lipinski definition) is 4. The number of nitrogens with two attached hydrogens (primary N) is 1. The summed E-state index contributed by atoms with van der Waals surface area (Å²) in [7, 11) is 2.20. The van der Waals surface area contributed by atoms with Crippen molar-refractivity contribution < 1.29 is 9.53 Å². The minimum Gasteiger partial charge on any atom is -0.444 e. The summed E-state index contributed by atoms with van der Waals surface area (Å²) in [5, 5.41) is 0. The van der Waals surface area contributed by atoms with Crippen LogP contribution in [0.2, 0.25) is 0 Å². The van der Waals surface area contributed by atoms with Crippen LogP contribution in [0, 0.1) is 5.92 Å². The maximum absolute atomic E-state index is 12.2. The monoisotopic (exact) mass is 373 g/mol. The molecule has 1 amide bonds. The Kier molecular flexibility index (Phi) is 5.82. The second-order valence-corrected chi connectivity index (χ2v) is 9.35. The van der Waals surface area contributed by atoms with Gasteiger partial charge in [0.05, 0.1) is 0 Å². The van der Waals surface area contributed by atoms with Gasteiger partial charge in [-0.3, -0.25) is 4.90 Å². The summed E-state index contributed by atoms with van der Waals surface area (Å²) in [5.41, 5.74) is 8.08. The van der Waals surface area contributed by atoms with Crippen LogP contribution in [0.1, 0.15) is 70.2 Å². The number of rotatable bonds is 6. The summed E-state index contributed by atoms with van der Waals surface area (Å²) >= 11 is 0. The fourth-order valence-corrected chi connectivity index (χ4v) is 3.67. The Morgan fingerprint density at radius 2 is 1.78 bits per heavy atom. The third kappa shape index (κ3) is 5.23. The van der Waals surface area contributed by atoms with E-state index in [1.807, 2.05) is 27.7 Å². The molecule has 0 spiro atoms. The number of likely N-dealkylation sites (N-methyl/N-ethyl adjacent to an activating group) is 1. The first-order valence-corrected chi connectivity index (χ1v) is 10.2. The van der Waals surface area contributed by atoms with Gasteiger partial charge in [0, 0.05) is 31.2 Å². The number of amides is 1. The van der Waals surface area contributed by atoms with Crippen molar-refractivity contribution in [1.82, 2.24) is 9.80 Å². The second kappa shape index (κ2) is 7.80. The Morgan fingerprint density at radius 3 is 2.26 bits per heavy atom. The molecule has 2 atom stereocenters. The summed E-state index contributed by atoms with van der Waals surface area (Å²) in [4.78, 5) is 16.5. The van der Waals surface area contributed by atoms with Gasteiger partial charge in [-0.1, -0.05) is 37.1 Å². The zero-order valence-electron chi connectivity index (χ0n) is 17.4. The fourth-order valence-electron chi connectivity index (χ4n) is 3.67. The summed E-state index contributed by atoms with van der Waals surface area (Å²) in [6.07, 6.45) is 3.68. The number of likely N-dealkylation sites (tertiary alicyclic amines) is 1. The van der Waals surface area contributed by atoms with E-state index in [-0.39, 0.29) is 12.1 Å². The standard InChI is InChI=1S/C22H35N3O2/c1-15(23)17-8-10-18(11-9-17)20(12-16-6-7-16)24(5)19-13-25(14-19)21(26)27-22(2,3)4/h8-11,15-16,19-20H,6-7,12-14,23H2,1-5H3/t15-,20?/m0/s1. The third-order valence-electron chi connectivity index (χ3n) is 5.68. The normalized spacial score (nSPS) is 20.3. The van der Waals surface area contributed by atoms with E-state index in [9.17, 15) is 4.79 Å². The number of benzene rings is 1. The molecule has 0 aromatic heterocycles. The van der Waals surface area contributed by atoms with Gasteiger partial charge in [0.2, 0.25) is 0 Å². The zero-order valence-corrected chi connectivity index (χ0v) is 17.4. The lowest BCUT2D eigenvalue weighted by Gasteiger charge is -2.46. The van der Waals surface area contributed by atoms with Gasteiger partial charge in [-0.2, -0.15) is 0 Å². The first-order chi connectivity index (χ1) is 12.6. The molecule has 1 aromatic carbocycles. The Morgan fingerprint density at radius 1 is 1.22 bits per heavy atom. The van der Waals surface area contributed by atoms with Gasteiger partial charge >= 0.3 is 6.09 Å². The molecule has 27 heavy (non-hydrogen) atoms. The fraction of sp³-hybridized carbons (Fsp3) is 0.682. The SMILES string of the molecule is C[C@H](N)c1ccc(C(CC2CC2)N(C)C2CN(C(=O)OC(C)(C)C)C2)cc1. The van der Waals surface area contributed by atoms with Crippen LogP contribution >= 0.6 is 0 Å². The van der Waals surface area contributed by atoms with Crippen molar-refractivity contribution in [3.8, 4) is 0 Å². The molecule has 1 aromatic rings. The van der Waals surface area contributed by atoms with Gasteiger partial charge in [0.15, 0.2) is 0 Å². The Hall–Kier alpha value is -1.59. The Balaban J connectivity index is 1.63. The molecule has 2 aliphatic rings. The molecule has 1 aliphatic carbocycles. The van der Waals surface area contributed by atoms with Crippen molar-refractivity contribution in [2.24, 2.45) is 11.7 Å². The van der Waals surface area contributed by atoms with Crippen molar-refractivity contribution in [1.29, 1.82) is 0 Å². The van der Waals surface area contributed by atoms with Crippen LogP contribution in [-0.2, 0) is 4.74 Å². The van der Waals surface area contributed by atoms with E-state index < -0.39 is 5.60 Å². The van der Waals surface area contributed by atoms with Crippen LogP contribution in [-0.4, -0.2) is 47.7 Å². The van der Waals surface area contributed by atoms with Crippen LogP contribution in [0.15, 0.2) is 24.3 Å². The van der Waals surface area contributed by atoms with E-state index in [0.29, 0.717) is 12.1 Å². The lowest BCUT2D eigenvalue weighted by atomic mass is 9.95. The third-order valence-corrected chi connectivity index (χ3v) is 5.68. The molecular formula is C22H35N3O2. The van der Waals surface area contributed by atoms with E-state index in [1.54, 1.807) is 4.90 Å². The molecular weight excluding hydrogens is 338 g/mol. The van der Waals surface area contributed by atoms with Crippen molar-refractivity contribution in [3.63, 3.8) is 0 Å². The molecule has 5 heteroatoms. The lowest BCUT2D eigenvalue weighted by molar-refractivity contribution is -0.0196. The van der Waals surface area contributed by atoms with Crippen molar-refractivity contribution in [2.75, 3.05) is 20.1 Å². The molecule has 5 nitrogen and oxygen atoms in total. The van der Waals surface area contributed by atoms with Crippen LogP contribution in [0.25, 0.3) is 0 Å². The van der Waals surface area contributed by atoms with Crippen molar-refractivity contribution in [2.45, 2.75) is 70.7 Å². The van der Waals surface area contributed by atoms with Crippen LogP contribution < -0.4 is 5.73 Å². The van der Waals surface area contributed by atoms with E-state index in [4.69, 9.17) is 10.5 Å². The van der Waals surface area contributed by atoms with Crippen molar-refractivity contribution in [3.05, 3.63) is 35.4 Å². The lowest BCUT2D eigenvalue weighted by Crippen LogP contribution is -2.61. The predicted molar refractivity (Wildman–Crippen MR) is 108 cm³/mol. The van der Waals surface area contributed by atoms with E-state index in [2.05, 4.69) is 36.2 Å². The van der Waals surface area contributed by atoms with Gasteiger partial charge in [-0.05, 0) is 58.2 Å². The summed E-state index contributed by atoms with van der Waals surface area (Å²) in [6, 6.07) is 9.61. The molecule has 1 aliphatic heterocycles. The maximum atomic E-state index is 12.2. The molecule has 1 saturated heterocycles. The minimum absolute atomic E-state index is 0.0627. The van der Waals surface area contributed by atoms with Crippen LogP contribution in [0.4, 0.5) is 4.79 Å². The molecule has 1 saturated carbocycles. The molecule has 3 rings (SSSR count). The molecule has 0 radical (unpaired) electrons. The highest BCUT2D eigenvalue weighted by molar-refractivity contribution is 5.69. The quantitative estimate of drug-likeness (QED) is 0.816. The highest BCUT2D eigenvalue weighted by atomic mass is 16.6. The average Bonchev–Trinajstić information content (AvgIpc) is 3.33. The second-order valence-electron chi connectivity index (χ2n) is 9.35. The first kappa shape index (κ1) is 20.2. The zero-order chi connectivity index (χ0) is 19.8. The van der Waals surface area contributed by atoms with Gasteiger partial charge in [-0.25, -0.2) is 4.79 Å². The molecule has 2 fully saturated rings. The minimum atomic E-state index is -0.440. The topological polar surface area (TPSA) is 58.8 Å². The van der Waals surface area contributed by atoms with Crippen LogP contribution in [0.5, 0.6) is 0 Å². The molecule has 2 N–H and O–H groups in total. The van der Waals surface area contributed by atoms with Gasteiger partial charge in [0.25, 0.3) is 0 Å². The highest BCUT2D eigenvalue weighted by Crippen LogP contribution is 2.41. The number of carbonyl (C=O) groups excluding carboxylic acids is 1. The first-order valence-electron chi connectivity index (χ1n) is 10.2. The van der Waals surface area contributed by atoms with Gasteiger partial charge in [0.1, 0.15) is 5.60 Å². The largest absolute Gasteiger partial charge is 0.444 e. The summed E-state index contributed by atoms with van der Waals surface area (Å²) in [6.45, 7) is 9.22. The molecule has 0 bridgehead atoms. The Labute approximate surface area is 163 Å².